The Morgan fingerprint density at radius 1 is 1.20 bits per heavy atom. The lowest BCUT2D eigenvalue weighted by atomic mass is 10.1. The topological polar surface area (TPSA) is 80.9 Å². The first kappa shape index (κ1) is 20.5. The lowest BCUT2D eigenvalue weighted by Gasteiger charge is -2.05. The minimum Gasteiger partial charge on any atom is -0.360 e. The number of amides is 1. The number of hydrogen-bond donors (Lipinski definition) is 1. The number of halogens is 2. The van der Waals surface area contributed by atoms with Gasteiger partial charge in [0.05, 0.1) is 10.6 Å². The molecule has 6 nitrogen and oxygen atoms in total. The van der Waals surface area contributed by atoms with E-state index >= 15 is 0 Å². The van der Waals surface area contributed by atoms with Crippen LogP contribution < -0.4 is 5.32 Å². The molecule has 2 heterocycles. The van der Waals surface area contributed by atoms with Crippen molar-refractivity contribution in [3.8, 4) is 11.3 Å². The highest BCUT2D eigenvalue weighted by molar-refractivity contribution is 8.00. The molecule has 0 saturated carbocycles. The van der Waals surface area contributed by atoms with E-state index in [1.807, 2.05) is 30.3 Å². The maximum atomic E-state index is 14.3. The number of benzene rings is 2. The normalized spacial score (nSPS) is 10.9. The zero-order valence-electron chi connectivity index (χ0n) is 15.6. The Morgan fingerprint density at radius 2 is 2.00 bits per heavy atom. The Balaban J connectivity index is 1.52. The number of anilines is 1. The zero-order chi connectivity index (χ0) is 21.1. The van der Waals surface area contributed by atoms with E-state index in [4.69, 9.17) is 16.1 Å². The second-order valence-corrected chi connectivity index (χ2v) is 8.77. The van der Waals surface area contributed by atoms with Crippen molar-refractivity contribution in [2.75, 3.05) is 5.32 Å². The SMILES string of the molecule is Cc1onc(-c2c(F)cccc2Cl)c1C(=O)Nc1nnc(SCc2ccccc2)s1. The van der Waals surface area contributed by atoms with Crippen molar-refractivity contribution in [3.63, 3.8) is 0 Å². The number of nitrogens with zero attached hydrogens (tertiary/aromatic N) is 3. The number of carbonyl (C=O) groups excluding carboxylic acids is 1. The summed E-state index contributed by atoms with van der Waals surface area (Å²) in [4.78, 5) is 12.9. The first-order chi connectivity index (χ1) is 14.5. The maximum absolute atomic E-state index is 14.3. The van der Waals surface area contributed by atoms with Crippen LogP contribution in [-0.2, 0) is 5.75 Å². The van der Waals surface area contributed by atoms with E-state index in [1.165, 1.54) is 41.3 Å². The van der Waals surface area contributed by atoms with Gasteiger partial charge < -0.3 is 4.52 Å². The molecular weight excluding hydrogens is 447 g/mol. The molecule has 0 spiro atoms. The Bertz CT molecular complexity index is 1180. The second kappa shape index (κ2) is 8.95. The zero-order valence-corrected chi connectivity index (χ0v) is 17.9. The van der Waals surface area contributed by atoms with Crippen LogP contribution in [0.3, 0.4) is 0 Å². The van der Waals surface area contributed by atoms with E-state index < -0.39 is 11.7 Å². The number of hydrogen-bond acceptors (Lipinski definition) is 7. The summed E-state index contributed by atoms with van der Waals surface area (Å²) in [6.45, 7) is 1.57. The highest BCUT2D eigenvalue weighted by Crippen LogP contribution is 2.34. The fourth-order valence-electron chi connectivity index (χ4n) is 2.73. The molecule has 0 aliphatic carbocycles. The van der Waals surface area contributed by atoms with Crippen LogP contribution >= 0.6 is 34.7 Å². The van der Waals surface area contributed by atoms with Gasteiger partial charge in [-0.1, -0.05) is 76.3 Å². The standard InChI is InChI=1S/C20H14ClFN4O2S2/c1-11-15(17(26-28-11)16-13(21)8-5-9-14(16)22)18(27)23-19-24-25-20(30-19)29-10-12-6-3-2-4-7-12/h2-9H,10H2,1H3,(H,23,24,27). The summed E-state index contributed by atoms with van der Waals surface area (Å²) in [5, 5.41) is 15.1. The van der Waals surface area contributed by atoms with Crippen molar-refractivity contribution >= 4 is 45.7 Å². The van der Waals surface area contributed by atoms with Gasteiger partial charge >= 0.3 is 0 Å². The molecule has 2 aromatic carbocycles. The molecule has 152 valence electrons. The van der Waals surface area contributed by atoms with E-state index in [9.17, 15) is 9.18 Å². The van der Waals surface area contributed by atoms with Crippen LogP contribution in [0.15, 0.2) is 57.4 Å². The average molecular weight is 461 g/mol. The van der Waals surface area contributed by atoms with Gasteiger partial charge in [-0.15, -0.1) is 10.2 Å². The molecule has 1 N–H and O–H groups in total. The minimum absolute atomic E-state index is 0.0116. The number of thioether (sulfide) groups is 1. The molecule has 0 saturated heterocycles. The summed E-state index contributed by atoms with van der Waals surface area (Å²) >= 11 is 8.89. The van der Waals surface area contributed by atoms with Gasteiger partial charge in [-0.25, -0.2) is 4.39 Å². The van der Waals surface area contributed by atoms with E-state index in [0.29, 0.717) is 9.47 Å². The Hall–Kier alpha value is -2.75. The average Bonchev–Trinajstić information content (AvgIpc) is 3.33. The Morgan fingerprint density at radius 3 is 2.77 bits per heavy atom. The van der Waals surface area contributed by atoms with Crippen molar-refractivity contribution in [1.82, 2.24) is 15.4 Å². The van der Waals surface area contributed by atoms with Crippen LogP contribution in [0.4, 0.5) is 9.52 Å². The first-order valence-corrected chi connectivity index (χ1v) is 10.9. The summed E-state index contributed by atoms with van der Waals surface area (Å²) in [5.74, 6) is -0.145. The van der Waals surface area contributed by atoms with Gasteiger partial charge in [-0.05, 0) is 24.6 Å². The van der Waals surface area contributed by atoms with Crippen molar-refractivity contribution in [2.45, 2.75) is 17.0 Å². The molecule has 10 heteroatoms. The van der Waals surface area contributed by atoms with Crippen LogP contribution in [-0.4, -0.2) is 21.3 Å². The molecule has 0 fully saturated rings. The van der Waals surface area contributed by atoms with Crippen molar-refractivity contribution in [3.05, 3.63) is 76.3 Å². The lowest BCUT2D eigenvalue weighted by molar-refractivity contribution is 0.102. The van der Waals surface area contributed by atoms with Crippen molar-refractivity contribution in [1.29, 1.82) is 0 Å². The van der Waals surface area contributed by atoms with Gasteiger partial charge in [0.1, 0.15) is 22.8 Å². The van der Waals surface area contributed by atoms with Gasteiger partial charge in [0.15, 0.2) is 4.34 Å². The van der Waals surface area contributed by atoms with Crippen LogP contribution in [0, 0.1) is 12.7 Å². The van der Waals surface area contributed by atoms with Gasteiger partial charge in [-0.3, -0.25) is 10.1 Å². The monoisotopic (exact) mass is 460 g/mol. The summed E-state index contributed by atoms with van der Waals surface area (Å²) in [6.07, 6.45) is 0. The number of aromatic nitrogens is 3. The van der Waals surface area contributed by atoms with Crippen LogP contribution in [0.1, 0.15) is 21.7 Å². The highest BCUT2D eigenvalue weighted by atomic mass is 35.5. The molecule has 0 unspecified atom stereocenters. The van der Waals surface area contributed by atoms with E-state index in [1.54, 1.807) is 6.92 Å². The largest absolute Gasteiger partial charge is 0.360 e. The summed E-state index contributed by atoms with van der Waals surface area (Å²) in [7, 11) is 0. The number of rotatable bonds is 6. The van der Waals surface area contributed by atoms with E-state index in [0.717, 1.165) is 11.3 Å². The van der Waals surface area contributed by atoms with E-state index in [-0.39, 0.29) is 27.6 Å². The third-order valence-electron chi connectivity index (χ3n) is 4.12. The molecule has 30 heavy (non-hydrogen) atoms. The summed E-state index contributed by atoms with van der Waals surface area (Å²) < 4.78 is 20.2. The molecule has 0 atom stereocenters. The molecule has 0 aliphatic rings. The maximum Gasteiger partial charge on any atom is 0.263 e. The summed E-state index contributed by atoms with van der Waals surface area (Å²) in [6, 6.07) is 14.2. The third kappa shape index (κ3) is 4.38. The molecule has 0 aliphatic heterocycles. The highest BCUT2D eigenvalue weighted by Gasteiger charge is 2.26. The van der Waals surface area contributed by atoms with Crippen molar-refractivity contribution in [2.24, 2.45) is 0 Å². The molecule has 0 bridgehead atoms. The van der Waals surface area contributed by atoms with Crippen LogP contribution in [0.25, 0.3) is 11.3 Å². The molecule has 4 rings (SSSR count). The smallest absolute Gasteiger partial charge is 0.263 e. The molecule has 1 amide bonds. The van der Waals surface area contributed by atoms with Crippen molar-refractivity contribution < 1.29 is 13.7 Å². The van der Waals surface area contributed by atoms with Crippen LogP contribution in [0.2, 0.25) is 5.02 Å². The molecule has 0 radical (unpaired) electrons. The first-order valence-electron chi connectivity index (χ1n) is 8.75. The number of aryl methyl sites for hydroxylation is 1. The van der Waals surface area contributed by atoms with E-state index in [2.05, 4.69) is 20.7 Å². The van der Waals surface area contributed by atoms with Gasteiger partial charge in [-0.2, -0.15) is 0 Å². The van der Waals surface area contributed by atoms with Gasteiger partial charge in [0, 0.05) is 5.75 Å². The Labute approximate surface area is 184 Å². The second-order valence-electron chi connectivity index (χ2n) is 6.16. The Kier molecular flexibility index (Phi) is 6.12. The third-order valence-corrected chi connectivity index (χ3v) is 6.48. The van der Waals surface area contributed by atoms with Gasteiger partial charge in [0.2, 0.25) is 5.13 Å². The quantitative estimate of drug-likeness (QED) is 0.287. The fourth-order valence-corrected chi connectivity index (χ4v) is 4.69. The minimum atomic E-state index is -0.597. The molecular formula is C20H14ClFN4O2S2. The summed E-state index contributed by atoms with van der Waals surface area (Å²) in [5.41, 5.74) is 1.30. The number of nitrogens with one attached hydrogen (secondary N) is 1. The predicted octanol–water partition coefficient (Wildman–Crippen LogP) is 5.84. The number of carbonyl (C=O) groups is 1. The van der Waals surface area contributed by atoms with Crippen LogP contribution in [0.5, 0.6) is 0 Å². The molecule has 2 aromatic heterocycles. The molecule has 4 aromatic rings. The fraction of sp³-hybridized carbons (Fsp3) is 0.100. The lowest BCUT2D eigenvalue weighted by Crippen LogP contribution is -2.13. The predicted molar refractivity (Wildman–Crippen MR) is 116 cm³/mol. The van der Waals surface area contributed by atoms with Gasteiger partial charge in [0.25, 0.3) is 5.91 Å².